The summed E-state index contributed by atoms with van der Waals surface area (Å²) in [6, 6.07) is 8.36. The van der Waals surface area contributed by atoms with Crippen molar-refractivity contribution < 1.29 is 15.3 Å². The maximum absolute atomic E-state index is 9.43. The summed E-state index contributed by atoms with van der Waals surface area (Å²) >= 11 is 0. The number of hydrogen-bond acceptors (Lipinski definition) is 3. The SMILES string of the molecule is Oc1cc2ccccc2c(O)c1O. The minimum atomic E-state index is -0.473. The summed E-state index contributed by atoms with van der Waals surface area (Å²) in [5.41, 5.74) is 0. The van der Waals surface area contributed by atoms with E-state index in [1.165, 1.54) is 6.07 Å². The molecule has 0 amide bonds. The first-order valence-corrected chi connectivity index (χ1v) is 3.83. The van der Waals surface area contributed by atoms with E-state index in [1.807, 2.05) is 0 Å². The molecule has 3 N–H and O–H groups in total. The van der Waals surface area contributed by atoms with Crippen LogP contribution in [0.3, 0.4) is 0 Å². The van der Waals surface area contributed by atoms with E-state index in [2.05, 4.69) is 0 Å². The van der Waals surface area contributed by atoms with Crippen molar-refractivity contribution >= 4 is 10.8 Å². The van der Waals surface area contributed by atoms with Crippen LogP contribution >= 0.6 is 0 Å². The Balaban J connectivity index is 2.94. The molecular weight excluding hydrogens is 168 g/mol. The highest BCUT2D eigenvalue weighted by atomic mass is 16.3. The average Bonchev–Trinajstić information content (AvgIpc) is 2.15. The van der Waals surface area contributed by atoms with Crippen LogP contribution in [0.1, 0.15) is 0 Å². The molecule has 13 heavy (non-hydrogen) atoms. The minimum Gasteiger partial charge on any atom is -0.504 e. The molecule has 2 aromatic carbocycles. The molecule has 3 nitrogen and oxygen atoms in total. The van der Waals surface area contributed by atoms with Crippen molar-refractivity contribution in [1.82, 2.24) is 0 Å². The Kier molecular flexibility index (Phi) is 1.52. The van der Waals surface area contributed by atoms with E-state index >= 15 is 0 Å². The summed E-state index contributed by atoms with van der Waals surface area (Å²) in [5, 5.41) is 29.0. The van der Waals surface area contributed by atoms with Gasteiger partial charge < -0.3 is 15.3 Å². The predicted molar refractivity (Wildman–Crippen MR) is 48.9 cm³/mol. The van der Waals surface area contributed by atoms with Crippen molar-refractivity contribution in [3.8, 4) is 17.2 Å². The van der Waals surface area contributed by atoms with Gasteiger partial charge in [0.05, 0.1) is 0 Å². The highest BCUT2D eigenvalue weighted by molar-refractivity contribution is 5.92. The normalized spacial score (nSPS) is 10.5. The molecule has 2 rings (SSSR count). The zero-order valence-electron chi connectivity index (χ0n) is 6.73. The smallest absolute Gasteiger partial charge is 0.200 e. The van der Waals surface area contributed by atoms with E-state index in [0.717, 1.165) is 0 Å². The molecule has 2 aromatic rings. The molecule has 0 bridgehead atoms. The van der Waals surface area contributed by atoms with Crippen molar-refractivity contribution in [3.05, 3.63) is 30.3 Å². The maximum atomic E-state index is 9.43. The molecule has 0 aliphatic carbocycles. The maximum Gasteiger partial charge on any atom is 0.200 e. The number of fused-ring (bicyclic) bond motifs is 1. The van der Waals surface area contributed by atoms with E-state index in [9.17, 15) is 15.3 Å². The first-order valence-electron chi connectivity index (χ1n) is 3.83. The Morgan fingerprint density at radius 1 is 0.846 bits per heavy atom. The van der Waals surface area contributed by atoms with Crippen LogP contribution in [0.5, 0.6) is 17.2 Å². The number of rotatable bonds is 0. The first-order chi connectivity index (χ1) is 6.20. The Bertz CT molecular complexity index is 463. The predicted octanol–water partition coefficient (Wildman–Crippen LogP) is 1.96. The van der Waals surface area contributed by atoms with Gasteiger partial charge in [0.15, 0.2) is 11.5 Å². The van der Waals surface area contributed by atoms with Crippen LogP contribution in [0, 0.1) is 0 Å². The summed E-state index contributed by atoms with van der Waals surface area (Å²) in [6.07, 6.45) is 0. The fourth-order valence-corrected chi connectivity index (χ4v) is 1.30. The van der Waals surface area contributed by atoms with Crippen molar-refractivity contribution in [2.24, 2.45) is 0 Å². The average molecular weight is 176 g/mol. The molecule has 0 fully saturated rings. The lowest BCUT2D eigenvalue weighted by Gasteiger charge is -2.04. The largest absolute Gasteiger partial charge is 0.504 e. The molecule has 0 aliphatic heterocycles. The lowest BCUT2D eigenvalue weighted by molar-refractivity contribution is 0.371. The zero-order chi connectivity index (χ0) is 9.42. The lowest BCUT2D eigenvalue weighted by Crippen LogP contribution is -1.76. The molecule has 0 unspecified atom stereocenters. The Morgan fingerprint density at radius 2 is 1.54 bits per heavy atom. The molecule has 0 heterocycles. The molecule has 0 aromatic heterocycles. The van der Waals surface area contributed by atoms with Crippen LogP contribution in [0.2, 0.25) is 0 Å². The van der Waals surface area contributed by atoms with E-state index in [1.54, 1.807) is 24.3 Å². The van der Waals surface area contributed by atoms with Crippen LogP contribution in [-0.4, -0.2) is 15.3 Å². The molecule has 0 saturated heterocycles. The molecule has 0 aliphatic rings. The summed E-state index contributed by atoms with van der Waals surface area (Å²) in [6.45, 7) is 0. The fourth-order valence-electron chi connectivity index (χ4n) is 1.30. The van der Waals surface area contributed by atoms with Crippen LogP contribution in [0.25, 0.3) is 10.8 Å². The zero-order valence-corrected chi connectivity index (χ0v) is 6.73. The second-order valence-electron chi connectivity index (χ2n) is 2.81. The first kappa shape index (κ1) is 7.73. The van der Waals surface area contributed by atoms with Gasteiger partial charge in [0.25, 0.3) is 0 Å². The van der Waals surface area contributed by atoms with Crippen molar-refractivity contribution in [3.63, 3.8) is 0 Å². The molecule has 0 saturated carbocycles. The monoisotopic (exact) mass is 176 g/mol. The highest BCUT2D eigenvalue weighted by Crippen LogP contribution is 2.40. The number of aromatic hydroxyl groups is 3. The topological polar surface area (TPSA) is 60.7 Å². The number of benzene rings is 2. The number of phenolic OH excluding ortho intramolecular Hbond substituents is 3. The summed E-state index contributed by atoms with van der Waals surface area (Å²) in [4.78, 5) is 0. The van der Waals surface area contributed by atoms with Crippen molar-refractivity contribution in [2.75, 3.05) is 0 Å². The van der Waals surface area contributed by atoms with Gasteiger partial charge in [-0.3, -0.25) is 0 Å². The molecule has 66 valence electrons. The summed E-state index contributed by atoms with van der Waals surface area (Å²) in [5.74, 6) is -1.06. The molecule has 0 radical (unpaired) electrons. The number of hydrogen-bond donors (Lipinski definition) is 3. The van der Waals surface area contributed by atoms with Crippen molar-refractivity contribution in [2.45, 2.75) is 0 Å². The van der Waals surface area contributed by atoms with Gasteiger partial charge in [-0.1, -0.05) is 24.3 Å². The van der Waals surface area contributed by atoms with Gasteiger partial charge in [-0.05, 0) is 11.5 Å². The van der Waals surface area contributed by atoms with Crippen molar-refractivity contribution in [1.29, 1.82) is 0 Å². The van der Waals surface area contributed by atoms with Gasteiger partial charge in [0.2, 0.25) is 5.75 Å². The standard InChI is InChI=1S/C10H8O3/c11-8-5-6-3-1-2-4-7(6)9(12)10(8)13/h1-5,11-13H. The molecule has 0 spiro atoms. The van der Waals surface area contributed by atoms with Crippen LogP contribution in [0.15, 0.2) is 30.3 Å². The summed E-state index contributed by atoms with van der Waals surface area (Å²) < 4.78 is 0. The molecular formula is C10H8O3. The minimum absolute atomic E-state index is 0.282. The van der Waals surface area contributed by atoms with Crippen LogP contribution in [0.4, 0.5) is 0 Å². The second kappa shape index (κ2) is 2.55. The van der Waals surface area contributed by atoms with E-state index in [0.29, 0.717) is 10.8 Å². The third kappa shape index (κ3) is 1.05. The van der Waals surface area contributed by atoms with Gasteiger partial charge in [0.1, 0.15) is 0 Å². The van der Waals surface area contributed by atoms with Gasteiger partial charge in [-0.25, -0.2) is 0 Å². The number of phenols is 3. The summed E-state index contributed by atoms with van der Waals surface area (Å²) in [7, 11) is 0. The quantitative estimate of drug-likeness (QED) is 0.537. The van der Waals surface area contributed by atoms with E-state index in [4.69, 9.17) is 0 Å². The van der Waals surface area contributed by atoms with Gasteiger partial charge >= 0.3 is 0 Å². The van der Waals surface area contributed by atoms with Gasteiger partial charge in [-0.2, -0.15) is 0 Å². The van der Waals surface area contributed by atoms with E-state index in [-0.39, 0.29) is 11.5 Å². The highest BCUT2D eigenvalue weighted by Gasteiger charge is 2.09. The van der Waals surface area contributed by atoms with Crippen LogP contribution in [-0.2, 0) is 0 Å². The Morgan fingerprint density at radius 3 is 2.31 bits per heavy atom. The third-order valence-corrected chi connectivity index (χ3v) is 1.98. The fraction of sp³-hybridized carbons (Fsp3) is 0. The second-order valence-corrected chi connectivity index (χ2v) is 2.81. The van der Waals surface area contributed by atoms with Gasteiger partial charge in [0, 0.05) is 5.39 Å². The molecule has 0 atom stereocenters. The Labute approximate surface area is 74.5 Å². The molecule has 3 heteroatoms. The van der Waals surface area contributed by atoms with Crippen LogP contribution < -0.4 is 0 Å². The van der Waals surface area contributed by atoms with Gasteiger partial charge in [-0.15, -0.1) is 0 Å². The van der Waals surface area contributed by atoms with E-state index < -0.39 is 5.75 Å². The third-order valence-electron chi connectivity index (χ3n) is 1.98. The lowest BCUT2D eigenvalue weighted by atomic mass is 10.1. The Hall–Kier alpha value is -1.90.